The fourth-order valence-electron chi connectivity index (χ4n) is 1.54. The van der Waals surface area contributed by atoms with Crippen LogP contribution in [0.5, 0.6) is 0 Å². The van der Waals surface area contributed by atoms with Crippen molar-refractivity contribution in [2.75, 3.05) is 0 Å². The van der Waals surface area contributed by atoms with E-state index in [1.165, 1.54) is 25.7 Å². The van der Waals surface area contributed by atoms with Crippen LogP contribution in [0.2, 0.25) is 0 Å². The Bertz CT molecular complexity index is 181. The molecule has 0 atom stereocenters. The monoisotopic (exact) mass is 170 g/mol. The van der Waals surface area contributed by atoms with Crippen molar-refractivity contribution < 1.29 is 0 Å². The predicted molar refractivity (Wildman–Crippen MR) is 51.0 cm³/mol. The summed E-state index contributed by atoms with van der Waals surface area (Å²) in [7, 11) is 0. The molecule has 1 rings (SSSR count). The molecule has 1 fully saturated rings. The van der Waals surface area contributed by atoms with Gasteiger partial charge in [0.1, 0.15) is 0 Å². The molecule has 1 aliphatic rings. The highest BCUT2D eigenvalue weighted by molar-refractivity contribution is 7.80. The van der Waals surface area contributed by atoms with Crippen molar-refractivity contribution in [3.8, 4) is 0 Å². The van der Waals surface area contributed by atoms with Crippen LogP contribution in [0.3, 0.4) is 0 Å². The highest BCUT2D eigenvalue weighted by atomic mass is 32.1. The first-order valence-corrected chi connectivity index (χ1v) is 4.37. The van der Waals surface area contributed by atoms with Gasteiger partial charge >= 0.3 is 0 Å². The van der Waals surface area contributed by atoms with Gasteiger partial charge in [-0.3, -0.25) is 0 Å². The van der Waals surface area contributed by atoms with Crippen molar-refractivity contribution in [2.24, 2.45) is 17.4 Å². The Balaban J connectivity index is 2.51. The molecule has 3 heteroatoms. The van der Waals surface area contributed by atoms with Gasteiger partial charge in [0, 0.05) is 5.70 Å². The summed E-state index contributed by atoms with van der Waals surface area (Å²) in [4.78, 5) is 0.398. The first-order valence-electron chi connectivity index (χ1n) is 3.96. The summed E-state index contributed by atoms with van der Waals surface area (Å²) in [5, 5.41) is 0. The molecule has 0 heterocycles. The number of thiocarbonyl (C=S) groups is 1. The van der Waals surface area contributed by atoms with Crippen molar-refractivity contribution in [3.63, 3.8) is 0 Å². The second-order valence-corrected chi connectivity index (χ2v) is 3.50. The van der Waals surface area contributed by atoms with Gasteiger partial charge in [-0.1, -0.05) is 25.1 Å². The van der Waals surface area contributed by atoms with Crippen LogP contribution >= 0.6 is 12.2 Å². The van der Waals surface area contributed by atoms with Crippen molar-refractivity contribution >= 4 is 17.2 Å². The summed E-state index contributed by atoms with van der Waals surface area (Å²) in [5.74, 6) is 0.538. The molecule has 0 spiro atoms. The standard InChI is InChI=1S/C8H14N2S/c9-7(5-8(10)11)6-3-1-2-4-6/h5-6H,1-4,9H2,(H2,10,11). The molecule has 11 heavy (non-hydrogen) atoms. The zero-order valence-corrected chi connectivity index (χ0v) is 7.36. The topological polar surface area (TPSA) is 52.0 Å². The second-order valence-electron chi connectivity index (χ2n) is 3.03. The van der Waals surface area contributed by atoms with E-state index in [0.717, 1.165) is 5.70 Å². The van der Waals surface area contributed by atoms with E-state index in [1.54, 1.807) is 6.08 Å². The first kappa shape index (κ1) is 8.53. The van der Waals surface area contributed by atoms with Crippen molar-refractivity contribution in [1.82, 2.24) is 0 Å². The zero-order valence-electron chi connectivity index (χ0n) is 6.55. The fraction of sp³-hybridized carbons (Fsp3) is 0.625. The lowest BCUT2D eigenvalue weighted by Crippen LogP contribution is -2.13. The van der Waals surface area contributed by atoms with Crippen LogP contribution in [-0.2, 0) is 0 Å². The summed E-state index contributed by atoms with van der Waals surface area (Å²) in [6, 6.07) is 0. The van der Waals surface area contributed by atoms with E-state index in [-0.39, 0.29) is 0 Å². The number of nitrogens with two attached hydrogens (primary N) is 2. The Morgan fingerprint density at radius 3 is 2.27 bits per heavy atom. The van der Waals surface area contributed by atoms with Gasteiger partial charge < -0.3 is 11.5 Å². The molecule has 62 valence electrons. The van der Waals surface area contributed by atoms with Crippen LogP contribution in [0.1, 0.15) is 25.7 Å². The molecule has 0 unspecified atom stereocenters. The Hall–Kier alpha value is -0.570. The lowest BCUT2D eigenvalue weighted by Gasteiger charge is -2.07. The highest BCUT2D eigenvalue weighted by Gasteiger charge is 2.16. The highest BCUT2D eigenvalue weighted by Crippen LogP contribution is 2.28. The molecule has 1 saturated carbocycles. The van der Waals surface area contributed by atoms with E-state index in [4.69, 9.17) is 23.7 Å². The van der Waals surface area contributed by atoms with Crippen molar-refractivity contribution in [3.05, 3.63) is 11.8 Å². The largest absolute Gasteiger partial charge is 0.402 e. The number of allylic oxidation sites excluding steroid dienone is 1. The molecule has 2 nitrogen and oxygen atoms in total. The van der Waals surface area contributed by atoms with E-state index in [0.29, 0.717) is 10.9 Å². The Morgan fingerprint density at radius 2 is 1.82 bits per heavy atom. The maximum absolute atomic E-state index is 5.77. The maximum Gasteiger partial charge on any atom is 0.0979 e. The van der Waals surface area contributed by atoms with E-state index in [2.05, 4.69) is 0 Å². The molecule has 1 aliphatic carbocycles. The van der Waals surface area contributed by atoms with Gasteiger partial charge in [0.15, 0.2) is 0 Å². The van der Waals surface area contributed by atoms with Gasteiger partial charge in [-0.15, -0.1) is 0 Å². The number of rotatable bonds is 2. The summed E-state index contributed by atoms with van der Waals surface area (Å²) in [6.45, 7) is 0. The third kappa shape index (κ3) is 2.50. The molecular formula is C8H14N2S. The minimum absolute atomic E-state index is 0.398. The van der Waals surface area contributed by atoms with Gasteiger partial charge in [0.2, 0.25) is 0 Å². The molecule has 0 saturated heterocycles. The lowest BCUT2D eigenvalue weighted by molar-refractivity contribution is 0.635. The summed E-state index contributed by atoms with van der Waals surface area (Å²) in [5.41, 5.74) is 12.0. The third-order valence-corrected chi connectivity index (χ3v) is 2.25. The van der Waals surface area contributed by atoms with Crippen LogP contribution in [0.4, 0.5) is 0 Å². The fourth-order valence-corrected chi connectivity index (χ4v) is 1.68. The molecule has 0 amide bonds. The van der Waals surface area contributed by atoms with Gasteiger partial charge in [-0.25, -0.2) is 0 Å². The Labute approximate surface area is 72.6 Å². The van der Waals surface area contributed by atoms with Crippen molar-refractivity contribution in [1.29, 1.82) is 0 Å². The summed E-state index contributed by atoms with van der Waals surface area (Å²) < 4.78 is 0. The lowest BCUT2D eigenvalue weighted by atomic mass is 10.0. The van der Waals surface area contributed by atoms with Gasteiger partial charge in [-0.2, -0.15) is 0 Å². The number of hydrogen-bond donors (Lipinski definition) is 2. The average Bonchev–Trinajstić information content (AvgIpc) is 2.35. The molecule has 0 aromatic rings. The van der Waals surface area contributed by atoms with Crippen LogP contribution in [-0.4, -0.2) is 4.99 Å². The van der Waals surface area contributed by atoms with Crippen LogP contribution in [0.15, 0.2) is 11.8 Å². The van der Waals surface area contributed by atoms with Crippen LogP contribution in [0.25, 0.3) is 0 Å². The summed E-state index contributed by atoms with van der Waals surface area (Å²) >= 11 is 4.73. The first-order chi connectivity index (χ1) is 5.20. The zero-order chi connectivity index (χ0) is 8.27. The predicted octanol–water partition coefficient (Wildman–Crippen LogP) is 1.31. The Kier molecular flexibility index (Phi) is 2.88. The van der Waals surface area contributed by atoms with Gasteiger partial charge in [0.25, 0.3) is 0 Å². The minimum atomic E-state index is 0.398. The molecule has 0 aromatic carbocycles. The van der Waals surface area contributed by atoms with E-state index in [1.807, 2.05) is 0 Å². The molecule has 0 aromatic heterocycles. The molecular weight excluding hydrogens is 156 g/mol. The van der Waals surface area contributed by atoms with E-state index >= 15 is 0 Å². The molecule has 0 radical (unpaired) electrons. The smallest absolute Gasteiger partial charge is 0.0979 e. The van der Waals surface area contributed by atoms with Crippen molar-refractivity contribution in [2.45, 2.75) is 25.7 Å². The normalized spacial score (nSPS) is 20.5. The third-order valence-electron chi connectivity index (χ3n) is 2.14. The van der Waals surface area contributed by atoms with Crippen LogP contribution < -0.4 is 11.5 Å². The minimum Gasteiger partial charge on any atom is -0.402 e. The quantitative estimate of drug-likeness (QED) is 0.485. The summed E-state index contributed by atoms with van der Waals surface area (Å²) in [6.07, 6.45) is 6.69. The molecule has 4 N–H and O–H groups in total. The van der Waals surface area contributed by atoms with Gasteiger partial charge in [-0.05, 0) is 24.8 Å². The van der Waals surface area contributed by atoms with E-state index < -0.39 is 0 Å². The second kappa shape index (κ2) is 3.72. The SMILES string of the molecule is NC(=S)C=C(N)C1CCCC1. The Morgan fingerprint density at radius 1 is 1.27 bits per heavy atom. The van der Waals surface area contributed by atoms with Crippen LogP contribution in [0, 0.1) is 5.92 Å². The molecule has 0 bridgehead atoms. The molecule has 0 aliphatic heterocycles. The average molecular weight is 170 g/mol. The van der Waals surface area contributed by atoms with Gasteiger partial charge in [0.05, 0.1) is 4.99 Å². The van der Waals surface area contributed by atoms with E-state index in [9.17, 15) is 0 Å². The number of hydrogen-bond acceptors (Lipinski definition) is 2. The maximum atomic E-state index is 5.77.